The van der Waals surface area contributed by atoms with Crippen LogP contribution in [0.4, 0.5) is 5.95 Å². The summed E-state index contributed by atoms with van der Waals surface area (Å²) in [4.78, 5) is 4.41. The van der Waals surface area contributed by atoms with E-state index in [1.54, 1.807) is 7.11 Å². The van der Waals surface area contributed by atoms with Gasteiger partial charge in [0.05, 0.1) is 12.8 Å². The fourth-order valence-electron chi connectivity index (χ4n) is 2.08. The molecule has 0 bridgehead atoms. The Labute approximate surface area is 107 Å². The first kappa shape index (κ1) is 12.5. The molecule has 1 heterocycles. The molecule has 2 aromatic rings. The fraction of sp³-hybridized carbons (Fsp3) is 0.357. The van der Waals surface area contributed by atoms with E-state index in [0.29, 0.717) is 5.95 Å². The number of anilines is 1. The van der Waals surface area contributed by atoms with Crippen LogP contribution in [0.5, 0.6) is 5.75 Å². The van der Waals surface area contributed by atoms with E-state index in [2.05, 4.69) is 18.0 Å². The van der Waals surface area contributed by atoms with Gasteiger partial charge in [-0.25, -0.2) is 4.98 Å². The molecule has 0 atom stereocenters. The summed E-state index contributed by atoms with van der Waals surface area (Å²) in [5.74, 6) is 1.46. The molecule has 0 aliphatic rings. The van der Waals surface area contributed by atoms with Crippen LogP contribution in [-0.2, 0) is 13.5 Å². The quantitative estimate of drug-likeness (QED) is 0.904. The van der Waals surface area contributed by atoms with Gasteiger partial charge in [-0.15, -0.1) is 0 Å². The van der Waals surface area contributed by atoms with Gasteiger partial charge in [0.25, 0.3) is 0 Å². The Morgan fingerprint density at radius 2 is 2.11 bits per heavy atom. The van der Waals surface area contributed by atoms with Crippen LogP contribution >= 0.6 is 0 Å². The summed E-state index contributed by atoms with van der Waals surface area (Å²) in [6, 6.07) is 6.12. The van der Waals surface area contributed by atoms with E-state index in [1.165, 1.54) is 5.56 Å². The smallest absolute Gasteiger partial charge is 0.200 e. The van der Waals surface area contributed by atoms with E-state index in [1.807, 2.05) is 30.7 Å². The maximum absolute atomic E-state index is 5.83. The number of methoxy groups -OCH3 is 1. The molecule has 4 nitrogen and oxygen atoms in total. The largest absolute Gasteiger partial charge is 0.496 e. The third-order valence-corrected chi connectivity index (χ3v) is 3.35. The number of imidazole rings is 1. The summed E-state index contributed by atoms with van der Waals surface area (Å²) in [5, 5.41) is 0. The van der Waals surface area contributed by atoms with Crippen LogP contribution in [0.25, 0.3) is 11.3 Å². The van der Waals surface area contributed by atoms with Crippen molar-refractivity contribution in [3.05, 3.63) is 29.5 Å². The third kappa shape index (κ3) is 1.94. The van der Waals surface area contributed by atoms with Gasteiger partial charge in [0.15, 0.2) is 0 Å². The van der Waals surface area contributed by atoms with Gasteiger partial charge in [-0.3, -0.25) is 0 Å². The lowest BCUT2D eigenvalue weighted by Crippen LogP contribution is -1.97. The lowest BCUT2D eigenvalue weighted by molar-refractivity contribution is 0.410. The summed E-state index contributed by atoms with van der Waals surface area (Å²) in [5.41, 5.74) is 10.1. The maximum Gasteiger partial charge on any atom is 0.200 e. The number of hydrogen-bond donors (Lipinski definition) is 1. The number of benzene rings is 1. The third-order valence-electron chi connectivity index (χ3n) is 3.35. The minimum absolute atomic E-state index is 0.538. The van der Waals surface area contributed by atoms with Crippen LogP contribution in [0, 0.1) is 6.92 Å². The fourth-order valence-corrected chi connectivity index (χ4v) is 2.08. The highest BCUT2D eigenvalue weighted by molar-refractivity contribution is 5.66. The molecule has 2 rings (SSSR count). The molecule has 0 saturated heterocycles. The summed E-state index contributed by atoms with van der Waals surface area (Å²) >= 11 is 0. The molecule has 0 radical (unpaired) electrons. The lowest BCUT2D eigenvalue weighted by Gasteiger charge is -2.08. The van der Waals surface area contributed by atoms with E-state index >= 15 is 0 Å². The second kappa shape index (κ2) is 4.72. The molecule has 1 aromatic carbocycles. The zero-order valence-electron chi connectivity index (χ0n) is 11.3. The average molecular weight is 245 g/mol. The number of aryl methyl sites for hydroxylation is 1. The molecule has 0 amide bonds. The van der Waals surface area contributed by atoms with Crippen LogP contribution in [0.2, 0.25) is 0 Å². The highest BCUT2D eigenvalue weighted by Crippen LogP contribution is 2.29. The summed E-state index contributed by atoms with van der Waals surface area (Å²) in [7, 11) is 3.61. The van der Waals surface area contributed by atoms with Gasteiger partial charge in [-0.2, -0.15) is 0 Å². The van der Waals surface area contributed by atoms with Crippen LogP contribution in [-0.4, -0.2) is 16.7 Å². The molecule has 96 valence electrons. The van der Waals surface area contributed by atoms with Crippen molar-refractivity contribution in [3.63, 3.8) is 0 Å². The van der Waals surface area contributed by atoms with Crippen molar-refractivity contribution in [1.82, 2.24) is 9.55 Å². The Hall–Kier alpha value is -1.97. The summed E-state index contributed by atoms with van der Waals surface area (Å²) in [6.45, 7) is 4.13. The molecule has 0 unspecified atom stereocenters. The molecule has 0 aliphatic heterocycles. The first-order valence-corrected chi connectivity index (χ1v) is 6.04. The molecule has 1 aromatic heterocycles. The number of nitrogen functional groups attached to an aromatic ring is 1. The molecule has 0 aliphatic carbocycles. The maximum atomic E-state index is 5.83. The zero-order valence-corrected chi connectivity index (χ0v) is 11.3. The van der Waals surface area contributed by atoms with E-state index in [4.69, 9.17) is 10.5 Å². The van der Waals surface area contributed by atoms with Gasteiger partial charge < -0.3 is 15.0 Å². The van der Waals surface area contributed by atoms with Crippen molar-refractivity contribution < 1.29 is 4.74 Å². The number of nitrogens with zero attached hydrogens (tertiary/aromatic N) is 2. The topological polar surface area (TPSA) is 53.1 Å². The van der Waals surface area contributed by atoms with Crippen molar-refractivity contribution in [3.8, 4) is 17.0 Å². The number of hydrogen-bond acceptors (Lipinski definition) is 3. The number of rotatable bonds is 3. The van der Waals surface area contributed by atoms with Gasteiger partial charge in [-0.05, 0) is 37.1 Å². The molecule has 2 N–H and O–H groups in total. The van der Waals surface area contributed by atoms with Crippen LogP contribution in [0.15, 0.2) is 18.2 Å². The number of aromatic nitrogens is 2. The Bertz CT molecular complexity index is 573. The van der Waals surface area contributed by atoms with E-state index in [9.17, 15) is 0 Å². The normalized spacial score (nSPS) is 10.7. The predicted octanol–water partition coefficient (Wildman–Crippen LogP) is 2.55. The van der Waals surface area contributed by atoms with Gasteiger partial charge in [-0.1, -0.05) is 6.92 Å². The Morgan fingerprint density at radius 3 is 2.61 bits per heavy atom. The SMILES string of the molecule is CCc1cc(-c2nc(N)n(C)c2C)ccc1OC. The standard InChI is InChI=1S/C14H19N3O/c1-5-10-8-11(6-7-12(10)18-4)13-9(2)17(3)14(15)16-13/h6-8H,5H2,1-4H3,(H2,15,16). The Kier molecular flexibility index (Phi) is 3.28. The van der Waals surface area contributed by atoms with Crippen molar-refractivity contribution in [2.24, 2.45) is 7.05 Å². The second-order valence-electron chi connectivity index (χ2n) is 4.34. The van der Waals surface area contributed by atoms with Gasteiger partial charge in [0.2, 0.25) is 5.95 Å². The van der Waals surface area contributed by atoms with Crippen molar-refractivity contribution in [2.45, 2.75) is 20.3 Å². The van der Waals surface area contributed by atoms with Crippen molar-refractivity contribution in [2.75, 3.05) is 12.8 Å². The summed E-state index contributed by atoms with van der Waals surface area (Å²) < 4.78 is 7.23. The average Bonchev–Trinajstić information content (AvgIpc) is 2.65. The van der Waals surface area contributed by atoms with Crippen molar-refractivity contribution in [1.29, 1.82) is 0 Å². The zero-order chi connectivity index (χ0) is 13.3. The van der Waals surface area contributed by atoms with E-state index in [-0.39, 0.29) is 0 Å². The van der Waals surface area contributed by atoms with Crippen molar-refractivity contribution >= 4 is 5.95 Å². The minimum atomic E-state index is 0.538. The highest BCUT2D eigenvalue weighted by Gasteiger charge is 2.12. The molecule has 0 spiro atoms. The molecular weight excluding hydrogens is 226 g/mol. The Balaban J connectivity index is 2.54. The number of ether oxygens (including phenoxy) is 1. The first-order chi connectivity index (χ1) is 8.58. The van der Waals surface area contributed by atoms with Gasteiger partial charge >= 0.3 is 0 Å². The van der Waals surface area contributed by atoms with Crippen LogP contribution < -0.4 is 10.5 Å². The molecule has 0 fully saturated rings. The molecule has 4 heteroatoms. The number of nitrogens with two attached hydrogens (primary N) is 1. The van der Waals surface area contributed by atoms with Gasteiger partial charge in [0, 0.05) is 18.3 Å². The van der Waals surface area contributed by atoms with Gasteiger partial charge in [0.1, 0.15) is 5.75 Å². The minimum Gasteiger partial charge on any atom is -0.496 e. The van der Waals surface area contributed by atoms with E-state index < -0.39 is 0 Å². The second-order valence-corrected chi connectivity index (χ2v) is 4.34. The molecule has 18 heavy (non-hydrogen) atoms. The van der Waals surface area contributed by atoms with Crippen LogP contribution in [0.3, 0.4) is 0 Å². The molecule has 0 saturated carbocycles. The van der Waals surface area contributed by atoms with Crippen LogP contribution in [0.1, 0.15) is 18.2 Å². The van der Waals surface area contributed by atoms with E-state index in [0.717, 1.165) is 29.1 Å². The highest BCUT2D eigenvalue weighted by atomic mass is 16.5. The lowest BCUT2D eigenvalue weighted by atomic mass is 10.0. The Morgan fingerprint density at radius 1 is 1.39 bits per heavy atom. The summed E-state index contributed by atoms with van der Waals surface area (Å²) in [6.07, 6.45) is 0.929. The predicted molar refractivity (Wildman–Crippen MR) is 73.7 cm³/mol. The monoisotopic (exact) mass is 245 g/mol. The first-order valence-electron chi connectivity index (χ1n) is 6.04. The molecular formula is C14H19N3O.